The zero-order valence-electron chi connectivity index (χ0n) is 24.7. The van der Waals surface area contributed by atoms with Gasteiger partial charge in [0.05, 0.1) is 32.2 Å². The van der Waals surface area contributed by atoms with Gasteiger partial charge in [-0.2, -0.15) is 0 Å². The average Bonchev–Trinajstić information content (AvgIpc) is 2.97. The number of aromatic hydroxyl groups is 1. The van der Waals surface area contributed by atoms with Crippen LogP contribution in [0.2, 0.25) is 0 Å². The van der Waals surface area contributed by atoms with Gasteiger partial charge in [-0.1, -0.05) is 45.1 Å². The Morgan fingerprint density at radius 3 is 2.27 bits per heavy atom. The number of ether oxygens (including phenoxy) is 4. The van der Waals surface area contributed by atoms with Crippen LogP contribution in [0.25, 0.3) is 6.08 Å². The summed E-state index contributed by atoms with van der Waals surface area (Å²) in [7, 11) is 4.36. The van der Waals surface area contributed by atoms with Crippen LogP contribution in [0.5, 0.6) is 17.2 Å². The van der Waals surface area contributed by atoms with Gasteiger partial charge >= 0.3 is 5.97 Å². The predicted octanol–water partition coefficient (Wildman–Crippen LogP) is 5.58. The molecule has 2 N–H and O–H groups in total. The molecule has 0 aliphatic carbocycles. The van der Waals surface area contributed by atoms with Crippen molar-refractivity contribution in [2.24, 2.45) is 0 Å². The van der Waals surface area contributed by atoms with Crippen molar-refractivity contribution in [3.8, 4) is 17.2 Å². The lowest BCUT2D eigenvalue weighted by molar-refractivity contribution is -0.122. The Hall–Kier alpha value is -4.05. The van der Waals surface area contributed by atoms with Crippen molar-refractivity contribution in [3.05, 3.63) is 47.5 Å². The van der Waals surface area contributed by atoms with Crippen LogP contribution in [0.1, 0.15) is 68.3 Å². The number of hydrogen-bond acceptors (Lipinski definition) is 8. The second-order valence-electron chi connectivity index (χ2n) is 9.29. The topological polar surface area (TPSA) is 124 Å². The molecule has 10 heteroatoms. The summed E-state index contributed by atoms with van der Waals surface area (Å²) in [5.41, 5.74) is 1.06. The van der Waals surface area contributed by atoms with E-state index in [1.165, 1.54) is 50.5 Å². The molecule has 224 valence electrons. The monoisotopic (exact) mass is 570 g/mol. The van der Waals surface area contributed by atoms with Crippen LogP contribution in [0, 0.1) is 0 Å². The van der Waals surface area contributed by atoms with Gasteiger partial charge in [-0.15, -0.1) is 0 Å². The lowest BCUT2D eigenvalue weighted by atomic mass is 10.1. The van der Waals surface area contributed by atoms with E-state index in [1.54, 1.807) is 44.3 Å². The number of rotatable bonds is 17. The Kier molecular flexibility index (Phi) is 14.2. The molecular weight excluding hydrogens is 528 g/mol. The lowest BCUT2D eigenvalue weighted by Crippen LogP contribution is -2.32. The molecule has 10 nitrogen and oxygen atoms in total. The van der Waals surface area contributed by atoms with Gasteiger partial charge < -0.3 is 34.3 Å². The number of amides is 2. The zero-order chi connectivity index (χ0) is 30.2. The number of likely N-dealkylation sites (N-methyl/N-ethyl adjacent to an activating group) is 1. The highest BCUT2D eigenvalue weighted by Gasteiger charge is 2.24. The Bertz CT molecular complexity index is 1170. The predicted molar refractivity (Wildman–Crippen MR) is 159 cm³/mol. The number of phenolic OH excluding ortho intramolecular Hbond substituents is 1. The maximum atomic E-state index is 12.9. The summed E-state index contributed by atoms with van der Waals surface area (Å²) in [4.78, 5) is 40.0. The van der Waals surface area contributed by atoms with Crippen molar-refractivity contribution < 1.29 is 38.4 Å². The fourth-order valence-electron chi connectivity index (χ4n) is 4.07. The van der Waals surface area contributed by atoms with Crippen molar-refractivity contribution in [3.63, 3.8) is 0 Å². The second kappa shape index (κ2) is 17.6. The van der Waals surface area contributed by atoms with E-state index in [0.29, 0.717) is 12.2 Å². The van der Waals surface area contributed by atoms with Gasteiger partial charge in [0, 0.05) is 19.7 Å². The molecule has 0 bridgehead atoms. The Morgan fingerprint density at radius 2 is 1.63 bits per heavy atom. The summed E-state index contributed by atoms with van der Waals surface area (Å²) in [6.45, 7) is 4.32. The standard InChI is InChI=1S/C31H42N2O8/c1-6-8-9-10-11-12-18-40-21-28(35)33(3)24-15-13-14-23(29(24)31(37)41-7-2)32-27(34)17-16-22-19-25(38-4)30(36)26(20-22)39-5/h13-17,19-20,36H,6-12,18,21H2,1-5H3,(H,32,34). The van der Waals surface area contributed by atoms with E-state index >= 15 is 0 Å². The molecule has 2 aromatic rings. The summed E-state index contributed by atoms with van der Waals surface area (Å²) >= 11 is 0. The van der Waals surface area contributed by atoms with E-state index in [-0.39, 0.29) is 53.3 Å². The van der Waals surface area contributed by atoms with Crippen molar-refractivity contribution >= 4 is 35.2 Å². The Labute approximate surface area is 242 Å². The Morgan fingerprint density at radius 1 is 0.976 bits per heavy atom. The van der Waals surface area contributed by atoms with Crippen LogP contribution in [0.4, 0.5) is 11.4 Å². The quantitative estimate of drug-likeness (QED) is 0.144. The SMILES string of the molecule is CCCCCCCCOCC(=O)N(C)c1cccc(NC(=O)C=Cc2cc(OC)c(O)c(OC)c2)c1C(=O)OCC. The number of nitrogens with one attached hydrogen (secondary N) is 1. The first-order valence-electron chi connectivity index (χ1n) is 13.9. The minimum atomic E-state index is -0.678. The number of methoxy groups -OCH3 is 2. The number of carbonyl (C=O) groups excluding carboxylic acids is 3. The molecule has 0 atom stereocenters. The number of benzene rings is 2. The largest absolute Gasteiger partial charge is 0.502 e. The van der Waals surface area contributed by atoms with E-state index in [4.69, 9.17) is 18.9 Å². The first-order chi connectivity index (χ1) is 19.8. The first-order valence-corrected chi connectivity index (χ1v) is 13.9. The van der Waals surface area contributed by atoms with Gasteiger partial charge in [-0.3, -0.25) is 9.59 Å². The fraction of sp³-hybridized carbons (Fsp3) is 0.452. The summed E-state index contributed by atoms with van der Waals surface area (Å²) in [6, 6.07) is 7.89. The number of hydrogen-bond donors (Lipinski definition) is 2. The van der Waals surface area contributed by atoms with Crippen LogP contribution >= 0.6 is 0 Å². The molecule has 2 rings (SSSR count). The highest BCUT2D eigenvalue weighted by Crippen LogP contribution is 2.37. The van der Waals surface area contributed by atoms with Crippen LogP contribution in [-0.4, -0.2) is 64.0 Å². The molecule has 0 heterocycles. The highest BCUT2D eigenvalue weighted by molar-refractivity contribution is 6.11. The number of nitrogens with zero attached hydrogens (tertiary/aromatic N) is 1. The normalized spacial score (nSPS) is 10.9. The smallest absolute Gasteiger partial charge is 0.342 e. The molecule has 0 aliphatic heterocycles. The van der Waals surface area contributed by atoms with E-state index in [2.05, 4.69) is 12.2 Å². The van der Waals surface area contributed by atoms with Crippen molar-refractivity contribution in [2.45, 2.75) is 52.4 Å². The van der Waals surface area contributed by atoms with Crippen LogP contribution in [0.3, 0.4) is 0 Å². The minimum Gasteiger partial charge on any atom is -0.502 e. The molecule has 0 radical (unpaired) electrons. The summed E-state index contributed by atoms with van der Waals surface area (Å²) in [5, 5.41) is 12.8. The second-order valence-corrected chi connectivity index (χ2v) is 9.29. The van der Waals surface area contributed by atoms with Crippen molar-refractivity contribution in [1.82, 2.24) is 0 Å². The summed E-state index contributed by atoms with van der Waals surface area (Å²) < 4.78 is 21.1. The lowest BCUT2D eigenvalue weighted by Gasteiger charge is -2.22. The molecule has 0 saturated heterocycles. The number of phenols is 1. The first kappa shape index (κ1) is 33.2. The fourth-order valence-corrected chi connectivity index (χ4v) is 4.07. The van der Waals surface area contributed by atoms with Gasteiger partial charge in [0.1, 0.15) is 12.2 Å². The van der Waals surface area contributed by atoms with E-state index in [0.717, 1.165) is 19.3 Å². The third kappa shape index (κ3) is 10.1. The maximum Gasteiger partial charge on any atom is 0.342 e. The molecule has 0 unspecified atom stereocenters. The molecule has 41 heavy (non-hydrogen) atoms. The molecule has 0 spiro atoms. The number of esters is 1. The van der Waals surface area contributed by atoms with E-state index in [1.807, 2.05) is 0 Å². The van der Waals surface area contributed by atoms with Crippen LogP contribution < -0.4 is 19.7 Å². The van der Waals surface area contributed by atoms with Crippen molar-refractivity contribution in [2.75, 3.05) is 51.3 Å². The molecule has 2 amide bonds. The molecule has 2 aromatic carbocycles. The van der Waals surface area contributed by atoms with Crippen molar-refractivity contribution in [1.29, 1.82) is 0 Å². The highest BCUT2D eigenvalue weighted by atomic mass is 16.5. The van der Waals surface area contributed by atoms with Crippen LogP contribution in [0.15, 0.2) is 36.4 Å². The van der Waals surface area contributed by atoms with Gasteiger partial charge in [0.25, 0.3) is 5.91 Å². The summed E-state index contributed by atoms with van der Waals surface area (Å²) in [5.74, 6) is -1.33. The zero-order valence-corrected chi connectivity index (χ0v) is 24.7. The molecule has 0 aliphatic rings. The van der Waals surface area contributed by atoms with E-state index in [9.17, 15) is 19.5 Å². The molecule has 0 fully saturated rings. The average molecular weight is 571 g/mol. The molecule has 0 aromatic heterocycles. The Balaban J connectivity index is 2.16. The minimum absolute atomic E-state index is 0.0517. The number of anilines is 2. The third-order valence-corrected chi connectivity index (χ3v) is 6.31. The maximum absolute atomic E-state index is 12.9. The third-order valence-electron chi connectivity index (χ3n) is 6.31. The summed E-state index contributed by atoms with van der Waals surface area (Å²) in [6.07, 6.45) is 9.48. The van der Waals surface area contributed by atoms with E-state index < -0.39 is 11.9 Å². The number of carbonyl (C=O) groups is 3. The molecule has 0 saturated carbocycles. The molecular formula is C31H42N2O8. The van der Waals surface area contributed by atoms with Gasteiger partial charge in [-0.25, -0.2) is 4.79 Å². The van der Waals surface area contributed by atoms with Gasteiger partial charge in [0.15, 0.2) is 11.5 Å². The number of unbranched alkanes of at least 4 members (excludes halogenated alkanes) is 5. The van der Waals surface area contributed by atoms with Crippen LogP contribution in [-0.2, 0) is 19.1 Å². The van der Waals surface area contributed by atoms with Gasteiger partial charge in [-0.05, 0) is 49.2 Å². The van der Waals surface area contributed by atoms with Gasteiger partial charge in [0.2, 0.25) is 11.7 Å².